The maximum absolute atomic E-state index is 12.3. The van der Waals surface area contributed by atoms with Gasteiger partial charge in [0, 0.05) is 5.39 Å². The van der Waals surface area contributed by atoms with E-state index in [1.807, 2.05) is 0 Å². The number of benzene rings is 2. The molecule has 3 aromatic rings. The standard InChI is InChI=1S/C18H12NO4/c20-11-15(12-6-2-1-3-7-12)19-17(21)14-10-13-8-4-5-9-16(13)23-18(14)22/h1-10,15H,(H,19,21). The molecule has 0 bridgehead atoms. The van der Waals surface area contributed by atoms with Crippen LogP contribution >= 0.6 is 0 Å². The molecule has 23 heavy (non-hydrogen) atoms. The second-order valence-corrected chi connectivity index (χ2v) is 4.92. The molecular weight excluding hydrogens is 294 g/mol. The van der Waals surface area contributed by atoms with Gasteiger partial charge in [0.25, 0.3) is 5.91 Å². The summed E-state index contributed by atoms with van der Waals surface area (Å²) in [4.78, 5) is 35.4. The highest BCUT2D eigenvalue weighted by atomic mass is 16.4. The maximum Gasteiger partial charge on any atom is 0.349 e. The summed E-state index contributed by atoms with van der Waals surface area (Å²) in [5.41, 5.74) is 0.0791. The molecular formula is C18H12NO4. The maximum atomic E-state index is 12.3. The number of para-hydroxylation sites is 1. The summed E-state index contributed by atoms with van der Waals surface area (Å²) in [5, 5.41) is 3.11. The predicted molar refractivity (Wildman–Crippen MR) is 84.8 cm³/mol. The number of hydrogen-bond donors (Lipinski definition) is 1. The number of nitrogens with one attached hydrogen (secondary N) is 1. The van der Waals surface area contributed by atoms with Crippen molar-refractivity contribution in [3.8, 4) is 0 Å². The van der Waals surface area contributed by atoms with Crippen LogP contribution in [0.25, 0.3) is 11.0 Å². The largest absolute Gasteiger partial charge is 0.422 e. The molecule has 0 aliphatic rings. The highest BCUT2D eigenvalue weighted by Crippen LogP contribution is 2.14. The molecule has 1 amide bonds. The van der Waals surface area contributed by atoms with Crippen LogP contribution in [-0.4, -0.2) is 12.2 Å². The molecule has 5 nitrogen and oxygen atoms in total. The molecule has 3 rings (SSSR count). The summed E-state index contributed by atoms with van der Waals surface area (Å²) >= 11 is 0. The first kappa shape index (κ1) is 14.7. The summed E-state index contributed by atoms with van der Waals surface area (Å²) in [6.45, 7) is 0. The Kier molecular flexibility index (Phi) is 4.01. The molecule has 1 heterocycles. The Morgan fingerprint density at radius 1 is 1.04 bits per heavy atom. The van der Waals surface area contributed by atoms with Crippen molar-refractivity contribution < 1.29 is 14.0 Å². The normalized spacial score (nSPS) is 11.8. The first-order valence-electron chi connectivity index (χ1n) is 6.95. The zero-order valence-electron chi connectivity index (χ0n) is 12.0. The Balaban J connectivity index is 1.92. The quantitative estimate of drug-likeness (QED) is 0.751. The van der Waals surface area contributed by atoms with Gasteiger partial charge in [0.1, 0.15) is 17.2 Å². The summed E-state index contributed by atoms with van der Waals surface area (Å²) in [5.74, 6) is -0.679. The molecule has 0 aliphatic heterocycles. The lowest BCUT2D eigenvalue weighted by Crippen LogP contribution is -2.32. The minimum absolute atomic E-state index is 0.153. The second kappa shape index (κ2) is 6.27. The fraction of sp³-hybridized carbons (Fsp3) is 0.0556. The van der Waals surface area contributed by atoms with Gasteiger partial charge >= 0.3 is 5.63 Å². The van der Waals surface area contributed by atoms with Crippen LogP contribution in [0.1, 0.15) is 22.0 Å². The van der Waals surface area contributed by atoms with Crippen molar-refractivity contribution in [2.45, 2.75) is 6.04 Å². The number of fused-ring (bicyclic) bond motifs is 1. The molecule has 113 valence electrons. The van der Waals surface area contributed by atoms with Crippen LogP contribution in [0, 0.1) is 0 Å². The fourth-order valence-electron chi connectivity index (χ4n) is 2.26. The van der Waals surface area contributed by atoms with Crippen molar-refractivity contribution >= 4 is 23.2 Å². The Morgan fingerprint density at radius 2 is 1.74 bits per heavy atom. The van der Waals surface area contributed by atoms with Crippen molar-refractivity contribution in [1.29, 1.82) is 0 Å². The zero-order chi connectivity index (χ0) is 16.2. The van der Waals surface area contributed by atoms with E-state index in [4.69, 9.17) is 4.42 Å². The van der Waals surface area contributed by atoms with E-state index >= 15 is 0 Å². The molecule has 1 radical (unpaired) electrons. The number of carbonyl (C=O) groups is 1. The second-order valence-electron chi connectivity index (χ2n) is 4.92. The topological polar surface area (TPSA) is 76.4 Å². The van der Waals surface area contributed by atoms with Crippen LogP contribution in [-0.2, 0) is 4.79 Å². The number of amides is 1. The van der Waals surface area contributed by atoms with Gasteiger partial charge in [-0.25, -0.2) is 4.79 Å². The van der Waals surface area contributed by atoms with Gasteiger partial charge < -0.3 is 9.73 Å². The lowest BCUT2D eigenvalue weighted by Gasteiger charge is -2.12. The van der Waals surface area contributed by atoms with Crippen LogP contribution in [0.15, 0.2) is 69.9 Å². The highest BCUT2D eigenvalue weighted by molar-refractivity contribution is 5.97. The van der Waals surface area contributed by atoms with Gasteiger partial charge in [-0.2, -0.15) is 0 Å². The van der Waals surface area contributed by atoms with E-state index in [1.165, 1.54) is 6.07 Å². The minimum Gasteiger partial charge on any atom is -0.422 e. The van der Waals surface area contributed by atoms with Gasteiger partial charge in [-0.15, -0.1) is 0 Å². The molecule has 1 atom stereocenters. The van der Waals surface area contributed by atoms with Crippen molar-refractivity contribution in [2.24, 2.45) is 0 Å². The molecule has 1 N–H and O–H groups in total. The van der Waals surface area contributed by atoms with E-state index in [-0.39, 0.29) is 5.56 Å². The Morgan fingerprint density at radius 3 is 2.48 bits per heavy atom. The summed E-state index contributed by atoms with van der Waals surface area (Å²) < 4.78 is 5.12. The fourth-order valence-corrected chi connectivity index (χ4v) is 2.26. The van der Waals surface area contributed by atoms with Gasteiger partial charge in [-0.3, -0.25) is 9.59 Å². The number of carbonyl (C=O) groups excluding carboxylic acids is 2. The van der Waals surface area contributed by atoms with Gasteiger partial charge in [0.05, 0.1) is 0 Å². The van der Waals surface area contributed by atoms with E-state index in [0.717, 1.165) is 0 Å². The zero-order valence-corrected chi connectivity index (χ0v) is 12.0. The first-order valence-corrected chi connectivity index (χ1v) is 6.95. The lowest BCUT2D eigenvalue weighted by molar-refractivity contribution is 0.0942. The molecule has 1 aromatic heterocycles. The summed E-state index contributed by atoms with van der Waals surface area (Å²) in [6.07, 6.45) is 1.76. The van der Waals surface area contributed by atoms with Crippen LogP contribution < -0.4 is 10.9 Å². The van der Waals surface area contributed by atoms with Crippen molar-refractivity contribution in [1.82, 2.24) is 5.32 Å². The molecule has 5 heteroatoms. The first-order chi connectivity index (χ1) is 11.2. The van der Waals surface area contributed by atoms with Crippen molar-refractivity contribution in [2.75, 3.05) is 0 Å². The van der Waals surface area contributed by atoms with Gasteiger partial charge in [-0.05, 0) is 17.7 Å². The van der Waals surface area contributed by atoms with Gasteiger partial charge in [0.15, 0.2) is 0 Å². The molecule has 0 fully saturated rings. The molecule has 2 aromatic carbocycles. The molecule has 1 unspecified atom stereocenters. The van der Waals surface area contributed by atoms with E-state index in [0.29, 0.717) is 16.5 Å². The van der Waals surface area contributed by atoms with Crippen LogP contribution in [0.3, 0.4) is 0 Å². The van der Waals surface area contributed by atoms with E-state index < -0.39 is 17.6 Å². The van der Waals surface area contributed by atoms with Gasteiger partial charge in [-0.1, -0.05) is 48.5 Å². The Labute approximate surface area is 131 Å². The highest BCUT2D eigenvalue weighted by Gasteiger charge is 2.19. The average Bonchev–Trinajstić information content (AvgIpc) is 2.59. The van der Waals surface area contributed by atoms with Crippen LogP contribution in [0.4, 0.5) is 0 Å². The third-order valence-corrected chi connectivity index (χ3v) is 3.41. The van der Waals surface area contributed by atoms with Crippen LogP contribution in [0.5, 0.6) is 0 Å². The molecule has 0 saturated carbocycles. The van der Waals surface area contributed by atoms with Crippen LogP contribution in [0.2, 0.25) is 0 Å². The average molecular weight is 306 g/mol. The summed E-state index contributed by atoms with van der Waals surface area (Å²) in [7, 11) is 0. The van der Waals surface area contributed by atoms with E-state index in [2.05, 4.69) is 5.32 Å². The Hall–Kier alpha value is -3.21. The predicted octanol–water partition coefficient (Wildman–Crippen LogP) is 2.37. The number of rotatable bonds is 4. The van der Waals surface area contributed by atoms with Crippen molar-refractivity contribution in [3.05, 3.63) is 82.2 Å². The number of hydrogen-bond acceptors (Lipinski definition) is 4. The van der Waals surface area contributed by atoms with Gasteiger partial charge in [0.2, 0.25) is 6.29 Å². The lowest BCUT2D eigenvalue weighted by atomic mass is 10.1. The minimum atomic E-state index is -0.949. The monoisotopic (exact) mass is 306 g/mol. The molecule has 0 saturated heterocycles. The third-order valence-electron chi connectivity index (χ3n) is 3.41. The molecule has 0 spiro atoms. The van der Waals surface area contributed by atoms with Crippen molar-refractivity contribution in [3.63, 3.8) is 0 Å². The smallest absolute Gasteiger partial charge is 0.349 e. The van der Waals surface area contributed by atoms with E-state index in [9.17, 15) is 14.4 Å². The third kappa shape index (κ3) is 3.03. The van der Waals surface area contributed by atoms with E-state index in [1.54, 1.807) is 60.9 Å². The molecule has 0 aliphatic carbocycles. The SMILES string of the molecule is O=[C]C(NC(=O)c1cc2ccccc2oc1=O)c1ccccc1. The Bertz CT molecular complexity index is 915. The summed E-state index contributed by atoms with van der Waals surface area (Å²) in [6, 6.07) is 16.1.